The van der Waals surface area contributed by atoms with Crippen LogP contribution >= 0.6 is 0 Å². The monoisotopic (exact) mass is 497 g/mol. The number of fused-ring (bicyclic) bond motifs is 1. The van der Waals surface area contributed by atoms with E-state index in [-0.39, 0.29) is 17.3 Å². The molecule has 1 N–H and O–H groups in total. The van der Waals surface area contributed by atoms with Crippen LogP contribution in [0.2, 0.25) is 0 Å². The van der Waals surface area contributed by atoms with Crippen molar-refractivity contribution in [2.24, 2.45) is 11.8 Å². The Labute approximate surface area is 207 Å². The standard InChI is InChI=1S/C28H28F3N2O3/c1-3-22-23-15-25(26(34)20-10-12-32-24-9-8-19(35-2)14-21(20)24)33(13-11-27(22,23)33)16-17-4-6-18(7-5-17)36-28(29,30)31/h3-10,12,14,22-23,25-26,34H,1,11,13,15-16H2,2H3/q+1/t22?,23?,25?,26-,27?,33?/m1/s1. The Hall–Kier alpha value is -3.10. The molecule has 1 aromatic heterocycles. The first-order chi connectivity index (χ1) is 17.2. The molecule has 6 rings (SSSR count). The Bertz CT molecular complexity index is 1330. The normalized spacial score (nSPS) is 31.2. The van der Waals surface area contributed by atoms with E-state index in [0.717, 1.165) is 45.9 Å². The molecule has 0 bridgehead atoms. The third kappa shape index (κ3) is 3.27. The molecule has 6 atom stereocenters. The molecule has 36 heavy (non-hydrogen) atoms. The highest BCUT2D eigenvalue weighted by atomic mass is 19.4. The number of piperidine rings is 1. The van der Waals surface area contributed by atoms with Gasteiger partial charge in [-0.2, -0.15) is 0 Å². The molecular weight excluding hydrogens is 469 g/mol. The fourth-order valence-corrected chi connectivity index (χ4v) is 7.43. The summed E-state index contributed by atoms with van der Waals surface area (Å²) >= 11 is 0. The highest BCUT2D eigenvalue weighted by Gasteiger charge is 2.86. The second-order valence-corrected chi connectivity index (χ2v) is 10.2. The van der Waals surface area contributed by atoms with E-state index in [2.05, 4.69) is 16.3 Å². The molecule has 2 aromatic carbocycles. The lowest BCUT2D eigenvalue weighted by Gasteiger charge is -2.57. The maximum Gasteiger partial charge on any atom is 0.573 e. The molecule has 8 heteroatoms. The smallest absolute Gasteiger partial charge is 0.497 e. The van der Waals surface area contributed by atoms with Gasteiger partial charge in [-0.25, -0.2) is 0 Å². The maximum absolute atomic E-state index is 12.6. The zero-order valence-electron chi connectivity index (χ0n) is 19.9. The van der Waals surface area contributed by atoms with E-state index in [1.165, 1.54) is 12.1 Å². The van der Waals surface area contributed by atoms with Gasteiger partial charge in [0.05, 0.1) is 25.6 Å². The van der Waals surface area contributed by atoms with Crippen LogP contribution in [0.5, 0.6) is 11.5 Å². The summed E-state index contributed by atoms with van der Waals surface area (Å²) in [6, 6.07) is 13.7. The number of pyridine rings is 1. The van der Waals surface area contributed by atoms with Crippen molar-refractivity contribution in [1.29, 1.82) is 0 Å². The van der Waals surface area contributed by atoms with E-state index >= 15 is 0 Å². The van der Waals surface area contributed by atoms with Crippen LogP contribution in [0, 0.1) is 11.8 Å². The summed E-state index contributed by atoms with van der Waals surface area (Å²) in [5.74, 6) is 1.33. The van der Waals surface area contributed by atoms with Gasteiger partial charge in [0.2, 0.25) is 0 Å². The summed E-state index contributed by atoms with van der Waals surface area (Å²) in [6.07, 6.45) is 0.283. The highest BCUT2D eigenvalue weighted by molar-refractivity contribution is 5.84. The predicted molar refractivity (Wildman–Crippen MR) is 128 cm³/mol. The summed E-state index contributed by atoms with van der Waals surface area (Å²) in [5, 5.41) is 12.7. The Morgan fingerprint density at radius 3 is 2.58 bits per heavy atom. The lowest BCUT2D eigenvalue weighted by atomic mass is 9.86. The number of aliphatic hydroxyl groups is 1. The fourth-order valence-electron chi connectivity index (χ4n) is 7.43. The summed E-state index contributed by atoms with van der Waals surface area (Å²) in [5.41, 5.74) is 2.60. The number of nitrogens with zero attached hydrogens (tertiary/aromatic N) is 2. The predicted octanol–water partition coefficient (Wildman–Crippen LogP) is 5.54. The van der Waals surface area contributed by atoms with Gasteiger partial charge in [0.1, 0.15) is 35.7 Å². The van der Waals surface area contributed by atoms with Gasteiger partial charge in [-0.15, -0.1) is 19.8 Å². The first kappa shape index (κ1) is 23.3. The molecule has 3 fully saturated rings. The number of methoxy groups -OCH3 is 1. The van der Waals surface area contributed by atoms with Crippen molar-refractivity contribution >= 4 is 10.9 Å². The lowest BCUT2D eigenvalue weighted by molar-refractivity contribution is -1.03. The minimum atomic E-state index is -4.72. The van der Waals surface area contributed by atoms with Gasteiger partial charge in [-0.3, -0.25) is 4.98 Å². The van der Waals surface area contributed by atoms with Gasteiger partial charge in [-0.05, 0) is 54.1 Å². The zero-order valence-corrected chi connectivity index (χ0v) is 19.9. The average Bonchev–Trinajstić information content (AvgIpc) is 3.49. The number of hydrogen-bond donors (Lipinski definition) is 1. The number of rotatable bonds is 7. The van der Waals surface area contributed by atoms with Crippen LogP contribution < -0.4 is 9.47 Å². The molecule has 3 aliphatic rings. The number of aliphatic hydroxyl groups excluding tert-OH is 1. The molecule has 0 amide bonds. The van der Waals surface area contributed by atoms with Crippen LogP contribution in [0.25, 0.3) is 10.9 Å². The molecule has 5 unspecified atom stereocenters. The van der Waals surface area contributed by atoms with Crippen molar-refractivity contribution in [2.45, 2.75) is 43.4 Å². The van der Waals surface area contributed by atoms with Crippen molar-refractivity contribution < 1.29 is 32.2 Å². The Morgan fingerprint density at radius 1 is 1.19 bits per heavy atom. The molecule has 188 valence electrons. The van der Waals surface area contributed by atoms with Crippen molar-refractivity contribution in [3.63, 3.8) is 0 Å². The minimum Gasteiger partial charge on any atom is -0.497 e. The number of aromatic nitrogens is 1. The molecule has 1 spiro atoms. The van der Waals surface area contributed by atoms with Gasteiger partial charge in [0, 0.05) is 35.4 Å². The van der Waals surface area contributed by atoms with Crippen LogP contribution in [-0.4, -0.2) is 46.2 Å². The Balaban J connectivity index is 1.35. The average molecular weight is 498 g/mol. The third-order valence-corrected chi connectivity index (χ3v) is 8.96. The number of benzene rings is 2. The number of hydrogen-bond acceptors (Lipinski definition) is 4. The van der Waals surface area contributed by atoms with E-state index in [4.69, 9.17) is 4.74 Å². The fraction of sp³-hybridized carbons (Fsp3) is 0.393. The Kier molecular flexibility index (Phi) is 5.15. The summed E-state index contributed by atoms with van der Waals surface area (Å²) in [4.78, 5) is 4.46. The number of ether oxygens (including phenoxy) is 2. The van der Waals surface area contributed by atoms with E-state index in [0.29, 0.717) is 24.1 Å². The second kappa shape index (κ2) is 7.95. The molecule has 5 nitrogen and oxygen atoms in total. The van der Waals surface area contributed by atoms with E-state index < -0.39 is 12.5 Å². The highest BCUT2D eigenvalue weighted by Crippen LogP contribution is 2.75. The first-order valence-corrected chi connectivity index (χ1v) is 12.2. The third-order valence-electron chi connectivity index (χ3n) is 8.96. The van der Waals surface area contributed by atoms with Gasteiger partial charge in [0.25, 0.3) is 0 Å². The molecular formula is C28H28F3N2O3+. The lowest BCUT2D eigenvalue weighted by Crippen LogP contribution is -2.70. The van der Waals surface area contributed by atoms with Crippen molar-refractivity contribution in [1.82, 2.24) is 4.98 Å². The van der Waals surface area contributed by atoms with Crippen LogP contribution in [0.1, 0.15) is 30.1 Å². The number of alkyl halides is 3. The molecule has 2 saturated heterocycles. The SMILES string of the molecule is C=CC1C2CC([C@H](O)c3ccnc4ccc(OC)cc34)[N+]3(Cc4ccc(OC(F)(F)F)cc4)CCC123. The van der Waals surface area contributed by atoms with Crippen LogP contribution in [0.4, 0.5) is 13.2 Å². The first-order valence-electron chi connectivity index (χ1n) is 12.2. The second-order valence-electron chi connectivity index (χ2n) is 10.2. The van der Waals surface area contributed by atoms with Crippen LogP contribution in [0.15, 0.2) is 67.4 Å². The Morgan fingerprint density at radius 2 is 1.94 bits per heavy atom. The molecule has 3 heterocycles. The van der Waals surface area contributed by atoms with Crippen molar-refractivity contribution in [3.8, 4) is 11.5 Å². The number of quaternary nitrogens is 1. The molecule has 0 radical (unpaired) electrons. The molecule has 2 aliphatic heterocycles. The van der Waals surface area contributed by atoms with Gasteiger partial charge < -0.3 is 19.1 Å². The summed E-state index contributed by atoms with van der Waals surface area (Å²) in [6.45, 7) is 5.63. The minimum absolute atomic E-state index is 0.0390. The van der Waals surface area contributed by atoms with E-state index in [1.54, 1.807) is 25.4 Å². The van der Waals surface area contributed by atoms with Gasteiger partial charge in [-0.1, -0.05) is 6.08 Å². The number of halogens is 3. The quantitative estimate of drug-likeness (QED) is 0.344. The summed E-state index contributed by atoms with van der Waals surface area (Å²) in [7, 11) is 1.61. The zero-order chi connectivity index (χ0) is 25.3. The largest absolute Gasteiger partial charge is 0.573 e. The maximum atomic E-state index is 12.6. The van der Waals surface area contributed by atoms with Gasteiger partial charge in [0.15, 0.2) is 0 Å². The van der Waals surface area contributed by atoms with E-state index in [9.17, 15) is 18.3 Å². The topological polar surface area (TPSA) is 51.6 Å². The molecule has 1 aliphatic carbocycles. The van der Waals surface area contributed by atoms with E-state index in [1.807, 2.05) is 30.3 Å². The van der Waals surface area contributed by atoms with Crippen LogP contribution in [0.3, 0.4) is 0 Å². The molecule has 1 saturated carbocycles. The molecule has 3 aromatic rings. The van der Waals surface area contributed by atoms with Crippen molar-refractivity contribution in [2.75, 3.05) is 13.7 Å². The van der Waals surface area contributed by atoms with Crippen LogP contribution in [-0.2, 0) is 6.54 Å². The summed E-state index contributed by atoms with van der Waals surface area (Å²) < 4.78 is 48.0. The van der Waals surface area contributed by atoms with Crippen molar-refractivity contribution in [3.05, 3.63) is 78.5 Å². The van der Waals surface area contributed by atoms with Gasteiger partial charge >= 0.3 is 6.36 Å².